The summed E-state index contributed by atoms with van der Waals surface area (Å²) in [5.41, 5.74) is 1.61. The summed E-state index contributed by atoms with van der Waals surface area (Å²) in [6.07, 6.45) is 3.26. The number of hydrogen-bond donors (Lipinski definition) is 1. The van der Waals surface area contributed by atoms with E-state index in [1.165, 1.54) is 44.6 Å². The topological polar surface area (TPSA) is 61.9 Å². The third-order valence-corrected chi connectivity index (χ3v) is 10.9. The molecule has 0 atom stereocenters. The monoisotopic (exact) mass is 669 g/mol. The molecule has 1 N–H and O–H groups in total. The number of nitrogens with one attached hydrogen (secondary N) is 1. The molecule has 0 spiro atoms. The number of ether oxygens (including phenoxy) is 1. The average Bonchev–Trinajstić information content (AvgIpc) is 3.09. The van der Waals surface area contributed by atoms with Gasteiger partial charge in [-0.1, -0.05) is 17.9 Å². The Morgan fingerprint density at radius 3 is 2.12 bits per heavy atom. The minimum Gasteiger partial charge on any atom is -0.494 e. The van der Waals surface area contributed by atoms with Crippen molar-refractivity contribution in [3.05, 3.63) is 94.5 Å². The molecule has 3 aromatic rings. The Kier molecular flexibility index (Phi) is 9.08. The summed E-state index contributed by atoms with van der Waals surface area (Å²) in [4.78, 5) is 30.3. The lowest BCUT2D eigenvalue weighted by molar-refractivity contribution is -0.137. The molecule has 1 heterocycles. The van der Waals surface area contributed by atoms with Crippen LogP contribution in [0.1, 0.15) is 82.9 Å². The fraction of sp³-hybridized carbons (Fsp3) is 0.450. The first kappa shape index (κ1) is 33.1. The zero-order valence-electron chi connectivity index (χ0n) is 27.8. The molecule has 6 nitrogen and oxygen atoms in total. The number of hydrogen-bond acceptors (Lipinski definition) is 4. The predicted octanol–water partition coefficient (Wildman–Crippen LogP) is 7.41. The van der Waals surface area contributed by atoms with Crippen molar-refractivity contribution in [1.82, 2.24) is 10.2 Å². The molecule has 49 heavy (non-hydrogen) atoms. The first-order valence-corrected chi connectivity index (χ1v) is 17.5. The van der Waals surface area contributed by atoms with Crippen LogP contribution in [0.4, 0.5) is 18.9 Å². The number of alkyl halides is 3. The average molecular weight is 670 g/mol. The molecule has 256 valence electrons. The third-order valence-electron chi connectivity index (χ3n) is 10.9. The van der Waals surface area contributed by atoms with E-state index in [-0.39, 0.29) is 22.4 Å². The van der Waals surface area contributed by atoms with Crippen LogP contribution in [0, 0.1) is 35.0 Å². The summed E-state index contributed by atoms with van der Waals surface area (Å²) in [7, 11) is 0. The molecule has 1 saturated heterocycles. The first-order chi connectivity index (χ1) is 23.6. The van der Waals surface area contributed by atoms with Gasteiger partial charge in [-0.3, -0.25) is 9.59 Å². The Morgan fingerprint density at radius 1 is 0.837 bits per heavy atom. The third kappa shape index (κ3) is 7.44. The van der Waals surface area contributed by atoms with Gasteiger partial charge in [0.05, 0.1) is 12.2 Å². The second-order valence-corrected chi connectivity index (χ2v) is 14.4. The number of nitrogens with zero attached hydrogens (tertiary/aromatic N) is 2. The van der Waals surface area contributed by atoms with E-state index < -0.39 is 17.6 Å². The molecule has 3 aromatic carbocycles. The Balaban J connectivity index is 0.967. The van der Waals surface area contributed by atoms with Gasteiger partial charge in [0.2, 0.25) is 0 Å². The molecule has 9 heteroatoms. The molecule has 0 unspecified atom stereocenters. The number of halogens is 3. The van der Waals surface area contributed by atoms with Crippen LogP contribution < -0.4 is 15.0 Å². The standard InChI is InChI=1S/C40H42F3N3O3/c1-2-49-36-5-3-4-27(21-36)6-7-28-19-33(22-34(20-28)40(41,42)43)38(48)46-14-12-45(13-15-46)35-10-8-32(9-11-35)37(47)44-26-39-23-29-16-30(24-39)18-31(17-29)25-39/h3-5,8-11,19-22,29-31H,2,12-18,23-26H2,1H3,(H,44,47). The highest BCUT2D eigenvalue weighted by molar-refractivity contribution is 5.95. The van der Waals surface area contributed by atoms with Crippen LogP contribution in [-0.2, 0) is 6.18 Å². The normalized spacial score (nSPS) is 24.3. The Labute approximate surface area is 286 Å². The minimum atomic E-state index is -4.63. The van der Waals surface area contributed by atoms with Gasteiger partial charge >= 0.3 is 6.18 Å². The van der Waals surface area contributed by atoms with Crippen molar-refractivity contribution in [3.63, 3.8) is 0 Å². The molecule has 2 amide bonds. The van der Waals surface area contributed by atoms with E-state index in [4.69, 9.17) is 4.74 Å². The first-order valence-electron chi connectivity index (χ1n) is 17.5. The van der Waals surface area contributed by atoms with Crippen LogP contribution in [0.3, 0.4) is 0 Å². The molecule has 0 radical (unpaired) electrons. The number of carbonyl (C=O) groups excluding carboxylic acids is 2. The number of carbonyl (C=O) groups is 2. The molecule has 4 bridgehead atoms. The van der Waals surface area contributed by atoms with Gasteiger partial charge in [0.25, 0.3) is 11.8 Å². The fourth-order valence-corrected chi connectivity index (χ4v) is 9.01. The summed E-state index contributed by atoms with van der Waals surface area (Å²) in [5, 5.41) is 3.25. The molecule has 0 aromatic heterocycles. The highest BCUT2D eigenvalue weighted by Gasteiger charge is 2.50. The number of piperazine rings is 1. The van der Waals surface area contributed by atoms with E-state index in [2.05, 4.69) is 22.1 Å². The lowest BCUT2D eigenvalue weighted by atomic mass is 9.49. The van der Waals surface area contributed by atoms with E-state index in [1.54, 1.807) is 29.2 Å². The van der Waals surface area contributed by atoms with Gasteiger partial charge in [-0.05, 0) is 129 Å². The van der Waals surface area contributed by atoms with Gasteiger partial charge in [0.15, 0.2) is 0 Å². The predicted molar refractivity (Wildman–Crippen MR) is 183 cm³/mol. The van der Waals surface area contributed by atoms with Crippen molar-refractivity contribution >= 4 is 17.5 Å². The zero-order chi connectivity index (χ0) is 34.2. The maximum absolute atomic E-state index is 13.8. The molecule has 5 fully saturated rings. The summed E-state index contributed by atoms with van der Waals surface area (Å²) >= 11 is 0. The van der Waals surface area contributed by atoms with Crippen molar-refractivity contribution in [2.75, 3.05) is 44.2 Å². The summed E-state index contributed by atoms with van der Waals surface area (Å²) in [6.45, 7) is 4.85. The molecule has 8 rings (SSSR count). The van der Waals surface area contributed by atoms with Gasteiger partial charge in [-0.2, -0.15) is 13.2 Å². The van der Waals surface area contributed by atoms with Crippen LogP contribution in [-0.4, -0.2) is 56.0 Å². The second-order valence-electron chi connectivity index (χ2n) is 14.4. The van der Waals surface area contributed by atoms with Gasteiger partial charge in [0, 0.05) is 60.7 Å². The van der Waals surface area contributed by atoms with Crippen LogP contribution >= 0.6 is 0 Å². The van der Waals surface area contributed by atoms with Crippen molar-refractivity contribution in [3.8, 4) is 17.6 Å². The maximum atomic E-state index is 13.8. The molecule has 1 aliphatic heterocycles. The van der Waals surface area contributed by atoms with Crippen LogP contribution in [0.25, 0.3) is 0 Å². The van der Waals surface area contributed by atoms with Gasteiger partial charge in [0.1, 0.15) is 5.75 Å². The van der Waals surface area contributed by atoms with Crippen LogP contribution in [0.2, 0.25) is 0 Å². The quantitative estimate of drug-likeness (QED) is 0.266. The van der Waals surface area contributed by atoms with Crippen molar-refractivity contribution in [2.45, 2.75) is 51.6 Å². The Bertz CT molecular complexity index is 1730. The smallest absolute Gasteiger partial charge is 0.416 e. The van der Waals surface area contributed by atoms with E-state index in [0.29, 0.717) is 49.7 Å². The molecule has 5 aliphatic rings. The lowest BCUT2D eigenvalue weighted by Gasteiger charge is -2.56. The zero-order valence-corrected chi connectivity index (χ0v) is 27.8. The van der Waals surface area contributed by atoms with Gasteiger partial charge in [-0.15, -0.1) is 0 Å². The molecular formula is C40H42F3N3O3. The Hall–Kier alpha value is -4.45. The SMILES string of the molecule is CCOc1cccc(C#Cc2cc(C(=O)N3CCN(c4ccc(C(=O)NCC56CC7CC(CC(C7)C5)C6)cc4)CC3)cc(C(F)(F)F)c2)c1. The van der Waals surface area contributed by atoms with Crippen molar-refractivity contribution in [2.24, 2.45) is 23.2 Å². The van der Waals surface area contributed by atoms with E-state index in [1.807, 2.05) is 31.2 Å². The second kappa shape index (κ2) is 13.5. The Morgan fingerprint density at radius 2 is 1.49 bits per heavy atom. The number of amides is 2. The number of rotatable bonds is 7. The fourth-order valence-electron chi connectivity index (χ4n) is 9.01. The largest absolute Gasteiger partial charge is 0.494 e. The highest BCUT2D eigenvalue weighted by Crippen LogP contribution is 2.59. The maximum Gasteiger partial charge on any atom is 0.416 e. The highest BCUT2D eigenvalue weighted by atomic mass is 19.4. The summed E-state index contributed by atoms with van der Waals surface area (Å²) in [5.74, 6) is 8.35. The van der Waals surface area contributed by atoms with E-state index in [9.17, 15) is 22.8 Å². The summed E-state index contributed by atoms with van der Waals surface area (Å²) < 4.78 is 47.0. The molecule has 4 aliphatic carbocycles. The van der Waals surface area contributed by atoms with Crippen LogP contribution in [0.15, 0.2) is 66.7 Å². The number of anilines is 1. The summed E-state index contributed by atoms with van der Waals surface area (Å²) in [6, 6.07) is 17.9. The van der Waals surface area contributed by atoms with Crippen molar-refractivity contribution < 1.29 is 27.5 Å². The van der Waals surface area contributed by atoms with Crippen LogP contribution in [0.5, 0.6) is 5.75 Å². The molecular weight excluding hydrogens is 627 g/mol. The van der Waals surface area contributed by atoms with Crippen molar-refractivity contribution in [1.29, 1.82) is 0 Å². The number of benzene rings is 3. The minimum absolute atomic E-state index is 0.0399. The lowest BCUT2D eigenvalue weighted by Crippen LogP contribution is -2.51. The molecule has 4 saturated carbocycles. The van der Waals surface area contributed by atoms with Gasteiger partial charge in [-0.25, -0.2) is 0 Å². The van der Waals surface area contributed by atoms with E-state index >= 15 is 0 Å². The van der Waals surface area contributed by atoms with Gasteiger partial charge < -0.3 is 19.9 Å². The van der Waals surface area contributed by atoms with E-state index in [0.717, 1.165) is 42.1 Å².